The summed E-state index contributed by atoms with van der Waals surface area (Å²) in [6, 6.07) is 5.45. The quantitative estimate of drug-likeness (QED) is 0.482. The Labute approximate surface area is 144 Å². The minimum atomic E-state index is -0.487. The number of alkyl halides is 1. The van der Waals surface area contributed by atoms with Gasteiger partial charge in [0.1, 0.15) is 5.76 Å². The summed E-state index contributed by atoms with van der Waals surface area (Å²) in [5, 5.41) is 0. The number of esters is 1. The van der Waals surface area contributed by atoms with E-state index in [-0.39, 0.29) is 10.6 Å². The number of allylic oxidation sites excluding steroid dienone is 2. The third-order valence-electron chi connectivity index (χ3n) is 4.61. The van der Waals surface area contributed by atoms with E-state index in [1.807, 2.05) is 12.1 Å². The van der Waals surface area contributed by atoms with Gasteiger partial charge in [0.2, 0.25) is 0 Å². The number of benzene rings is 1. The van der Waals surface area contributed by atoms with Crippen molar-refractivity contribution in [3.63, 3.8) is 0 Å². The molecule has 0 aromatic heterocycles. The van der Waals surface area contributed by atoms with Crippen LogP contribution in [0.25, 0.3) is 0 Å². The van der Waals surface area contributed by atoms with Crippen molar-refractivity contribution in [1.82, 2.24) is 0 Å². The van der Waals surface area contributed by atoms with Gasteiger partial charge in [-0.25, -0.2) is 4.79 Å². The van der Waals surface area contributed by atoms with E-state index in [2.05, 4.69) is 15.9 Å². The van der Waals surface area contributed by atoms with E-state index in [1.165, 1.54) is 25.3 Å². The molecular formula is C18H20BrNO3. The largest absolute Gasteiger partial charge is 0.427 e. The molecule has 0 radical (unpaired) electrons. The molecule has 1 aromatic rings. The van der Waals surface area contributed by atoms with Crippen LogP contribution >= 0.6 is 15.9 Å². The highest BCUT2D eigenvalue weighted by Crippen LogP contribution is 2.45. The molecule has 0 saturated heterocycles. The Morgan fingerprint density at radius 1 is 1.26 bits per heavy atom. The van der Waals surface area contributed by atoms with Crippen LogP contribution in [0.1, 0.15) is 59.3 Å². The third-order valence-corrected chi connectivity index (χ3v) is 5.85. The molecule has 5 heteroatoms. The molecule has 2 N–H and O–H groups in total. The lowest BCUT2D eigenvalue weighted by Gasteiger charge is -2.31. The van der Waals surface area contributed by atoms with Crippen LogP contribution in [0, 0.1) is 5.92 Å². The maximum absolute atomic E-state index is 12.4. The molecule has 0 aliphatic heterocycles. The van der Waals surface area contributed by atoms with E-state index in [1.54, 1.807) is 6.07 Å². The number of ketones is 1. The molecule has 0 amide bonds. The van der Waals surface area contributed by atoms with Crippen molar-refractivity contribution in [3.8, 4) is 0 Å². The van der Waals surface area contributed by atoms with Crippen molar-refractivity contribution < 1.29 is 14.3 Å². The highest BCUT2D eigenvalue weighted by atomic mass is 79.9. The molecular weight excluding hydrogens is 358 g/mol. The van der Waals surface area contributed by atoms with Gasteiger partial charge in [-0.15, -0.1) is 0 Å². The Morgan fingerprint density at radius 2 is 2.04 bits per heavy atom. The molecule has 23 heavy (non-hydrogen) atoms. The summed E-state index contributed by atoms with van der Waals surface area (Å²) in [7, 11) is 0. The van der Waals surface area contributed by atoms with Gasteiger partial charge in [-0.2, -0.15) is 0 Å². The Bertz CT molecular complexity index is 664. The van der Waals surface area contributed by atoms with Gasteiger partial charge in [-0.05, 0) is 36.8 Å². The third kappa shape index (κ3) is 3.50. The van der Waals surface area contributed by atoms with Crippen LogP contribution in [-0.4, -0.2) is 11.8 Å². The highest BCUT2D eigenvalue weighted by molar-refractivity contribution is 9.09. The lowest BCUT2D eigenvalue weighted by Crippen LogP contribution is -2.18. The van der Waals surface area contributed by atoms with Gasteiger partial charge in [0.25, 0.3) is 0 Å². The van der Waals surface area contributed by atoms with E-state index < -0.39 is 5.97 Å². The summed E-state index contributed by atoms with van der Waals surface area (Å²) in [6.07, 6.45) is 6.88. The molecule has 122 valence electrons. The first-order chi connectivity index (χ1) is 11.1. The number of hydrogen-bond acceptors (Lipinski definition) is 4. The topological polar surface area (TPSA) is 69.4 Å². The first kappa shape index (κ1) is 16.2. The molecule has 0 bridgehead atoms. The fourth-order valence-corrected chi connectivity index (χ4v) is 3.93. The lowest BCUT2D eigenvalue weighted by molar-refractivity contribution is -0.115. The van der Waals surface area contributed by atoms with Gasteiger partial charge in [-0.3, -0.25) is 4.79 Å². The van der Waals surface area contributed by atoms with E-state index >= 15 is 0 Å². The van der Waals surface area contributed by atoms with E-state index in [9.17, 15) is 9.59 Å². The van der Waals surface area contributed by atoms with Crippen molar-refractivity contribution >= 4 is 33.4 Å². The van der Waals surface area contributed by atoms with Crippen LogP contribution in [0.3, 0.4) is 0 Å². The minimum Gasteiger partial charge on any atom is -0.427 e. The first-order valence-corrected chi connectivity index (χ1v) is 8.96. The lowest BCUT2D eigenvalue weighted by atomic mass is 9.80. The number of carbonyl (C=O) groups excluding carboxylic acids is 2. The minimum absolute atomic E-state index is 0.00581. The zero-order chi connectivity index (χ0) is 16.4. The predicted molar refractivity (Wildman–Crippen MR) is 92.2 cm³/mol. The summed E-state index contributed by atoms with van der Waals surface area (Å²) < 4.78 is 5.37. The van der Waals surface area contributed by atoms with Gasteiger partial charge in [-0.1, -0.05) is 34.5 Å². The van der Waals surface area contributed by atoms with Crippen LogP contribution in [0.15, 0.2) is 30.0 Å². The van der Waals surface area contributed by atoms with Crippen LogP contribution in [0.5, 0.6) is 0 Å². The maximum atomic E-state index is 12.4. The van der Waals surface area contributed by atoms with Crippen molar-refractivity contribution in [2.45, 2.75) is 43.4 Å². The fourth-order valence-electron chi connectivity index (χ4n) is 3.00. The van der Waals surface area contributed by atoms with Gasteiger partial charge < -0.3 is 10.5 Å². The molecule has 2 aliphatic carbocycles. The molecule has 1 saturated carbocycles. The van der Waals surface area contributed by atoms with E-state index in [0.29, 0.717) is 35.8 Å². The Balaban J connectivity index is 1.79. The van der Waals surface area contributed by atoms with Crippen LogP contribution in [0.2, 0.25) is 0 Å². The summed E-state index contributed by atoms with van der Waals surface area (Å²) in [6.45, 7) is 0. The van der Waals surface area contributed by atoms with Crippen LogP contribution in [0.4, 0.5) is 5.69 Å². The molecule has 0 spiro atoms. The average molecular weight is 378 g/mol. The van der Waals surface area contributed by atoms with E-state index in [0.717, 1.165) is 12.0 Å². The van der Waals surface area contributed by atoms with Crippen LogP contribution < -0.4 is 5.73 Å². The number of nitrogen functional groups attached to an aromatic ring is 1. The molecule has 3 rings (SSSR count). The van der Waals surface area contributed by atoms with E-state index in [4.69, 9.17) is 10.5 Å². The van der Waals surface area contributed by atoms with Gasteiger partial charge in [0, 0.05) is 23.7 Å². The summed E-state index contributed by atoms with van der Waals surface area (Å²) >= 11 is 3.72. The normalized spacial score (nSPS) is 19.7. The standard InChI is InChI=1S/C18H20BrNO3/c19-16(11-4-1-5-11)14-8-3-9-15(17(14)20)18(22)23-13-7-2-6-12(21)10-13/h3,8-11,16H,1-2,4-7,20H2. The summed E-state index contributed by atoms with van der Waals surface area (Å²) in [5.41, 5.74) is 7.99. The Morgan fingerprint density at radius 3 is 2.70 bits per heavy atom. The maximum Gasteiger partial charge on any atom is 0.345 e. The van der Waals surface area contributed by atoms with Crippen molar-refractivity contribution in [3.05, 3.63) is 41.2 Å². The molecule has 1 atom stereocenters. The van der Waals surface area contributed by atoms with Crippen molar-refractivity contribution in [2.24, 2.45) is 5.92 Å². The average Bonchev–Trinajstić information content (AvgIpc) is 2.45. The second-order valence-corrected chi connectivity index (χ2v) is 7.21. The smallest absolute Gasteiger partial charge is 0.345 e. The summed E-state index contributed by atoms with van der Waals surface area (Å²) in [4.78, 5) is 24.0. The number of ether oxygens (including phenoxy) is 1. The number of halogens is 1. The number of rotatable bonds is 4. The number of carbonyl (C=O) groups is 2. The van der Waals surface area contributed by atoms with Crippen molar-refractivity contribution in [1.29, 1.82) is 0 Å². The Kier molecular flexibility index (Phi) is 4.85. The molecule has 1 aromatic carbocycles. The van der Waals surface area contributed by atoms with Gasteiger partial charge in [0.05, 0.1) is 11.3 Å². The second kappa shape index (κ2) is 6.87. The van der Waals surface area contributed by atoms with Crippen LogP contribution in [-0.2, 0) is 9.53 Å². The highest BCUT2D eigenvalue weighted by Gasteiger charge is 2.29. The molecule has 4 nitrogen and oxygen atoms in total. The SMILES string of the molecule is Nc1c(C(=O)OC2=CC(=O)CCC2)cccc1C(Br)C1CCC1. The zero-order valence-corrected chi connectivity index (χ0v) is 14.5. The number of anilines is 1. The second-order valence-electron chi connectivity index (χ2n) is 6.22. The van der Waals surface area contributed by atoms with Crippen molar-refractivity contribution in [2.75, 3.05) is 5.73 Å². The fraction of sp³-hybridized carbons (Fsp3) is 0.444. The Hall–Kier alpha value is -1.62. The summed E-state index contributed by atoms with van der Waals surface area (Å²) in [5.74, 6) is 0.526. The zero-order valence-electron chi connectivity index (χ0n) is 12.9. The predicted octanol–water partition coefficient (Wildman–Crippen LogP) is 4.30. The monoisotopic (exact) mass is 377 g/mol. The molecule has 2 aliphatic rings. The number of hydrogen-bond donors (Lipinski definition) is 1. The molecule has 1 unspecified atom stereocenters. The molecule has 1 fully saturated rings. The number of nitrogens with two attached hydrogens (primary N) is 1. The number of para-hydroxylation sites is 1. The molecule has 0 heterocycles. The van der Waals surface area contributed by atoms with Gasteiger partial charge in [0.15, 0.2) is 5.78 Å². The van der Waals surface area contributed by atoms with Gasteiger partial charge >= 0.3 is 5.97 Å². The first-order valence-electron chi connectivity index (χ1n) is 8.04.